The zero-order valence-electron chi connectivity index (χ0n) is 17.8. The van der Waals surface area contributed by atoms with E-state index in [1.54, 1.807) is 6.92 Å². The van der Waals surface area contributed by atoms with Crippen molar-refractivity contribution in [3.63, 3.8) is 0 Å². The van der Waals surface area contributed by atoms with Crippen LogP contribution in [0.5, 0.6) is 5.75 Å². The fourth-order valence-corrected chi connectivity index (χ4v) is 3.33. The molecule has 158 valence electrons. The number of ether oxygens (including phenoxy) is 1. The number of nitrogens with one attached hydrogen (secondary N) is 2. The van der Waals surface area contributed by atoms with E-state index >= 15 is 0 Å². The average molecular weight is 409 g/mol. The van der Waals surface area contributed by atoms with E-state index in [1.165, 1.54) is 6.92 Å². The van der Waals surface area contributed by atoms with Crippen LogP contribution in [-0.2, 0) is 16.1 Å². The third-order valence-corrected chi connectivity index (χ3v) is 4.47. The van der Waals surface area contributed by atoms with Crippen molar-refractivity contribution in [3.05, 3.63) is 54.1 Å². The molecule has 2 amide bonds. The summed E-state index contributed by atoms with van der Waals surface area (Å²) in [5.41, 5.74) is 1.98. The summed E-state index contributed by atoms with van der Waals surface area (Å²) in [7, 11) is 0. The Morgan fingerprint density at radius 2 is 1.83 bits per heavy atom. The quantitative estimate of drug-likeness (QED) is 0.595. The van der Waals surface area contributed by atoms with Crippen LogP contribution in [-0.4, -0.2) is 33.7 Å². The molecule has 2 aromatic carbocycles. The van der Waals surface area contributed by atoms with Gasteiger partial charge in [0.15, 0.2) is 5.82 Å². The molecular formula is C23H28N4O3. The molecule has 3 rings (SSSR count). The van der Waals surface area contributed by atoms with Gasteiger partial charge in [-0.25, -0.2) is 0 Å². The summed E-state index contributed by atoms with van der Waals surface area (Å²) in [6.07, 6.45) is 0.226. The minimum Gasteiger partial charge on any atom is -0.491 e. The molecule has 1 heterocycles. The van der Waals surface area contributed by atoms with E-state index in [1.807, 2.05) is 67.1 Å². The lowest BCUT2D eigenvalue weighted by Gasteiger charge is -2.11. The highest BCUT2D eigenvalue weighted by molar-refractivity contribution is 6.00. The molecule has 0 spiro atoms. The third kappa shape index (κ3) is 5.59. The molecule has 0 aliphatic heterocycles. The first-order valence-corrected chi connectivity index (χ1v) is 10.1. The van der Waals surface area contributed by atoms with Crippen molar-refractivity contribution in [2.75, 3.05) is 5.32 Å². The number of nitrogens with zero attached hydrogens (tertiary/aromatic N) is 2. The number of amides is 2. The Morgan fingerprint density at radius 1 is 1.10 bits per heavy atom. The summed E-state index contributed by atoms with van der Waals surface area (Å²) < 4.78 is 7.70. The second-order valence-electron chi connectivity index (χ2n) is 7.69. The molecule has 30 heavy (non-hydrogen) atoms. The molecule has 1 atom stereocenters. The number of carbonyl (C=O) groups excluding carboxylic acids is 2. The lowest BCUT2D eigenvalue weighted by molar-refractivity contribution is -0.120. The smallest absolute Gasteiger partial charge is 0.227 e. The number of hydrogen-bond acceptors (Lipinski definition) is 4. The van der Waals surface area contributed by atoms with E-state index in [0.29, 0.717) is 12.4 Å². The molecular weight excluding hydrogens is 380 g/mol. The van der Waals surface area contributed by atoms with Crippen LogP contribution in [0.1, 0.15) is 39.7 Å². The van der Waals surface area contributed by atoms with Gasteiger partial charge in [0.2, 0.25) is 11.8 Å². The number of anilines is 1. The Balaban J connectivity index is 1.89. The van der Waals surface area contributed by atoms with E-state index in [4.69, 9.17) is 4.74 Å². The molecule has 0 unspecified atom stereocenters. The van der Waals surface area contributed by atoms with Gasteiger partial charge < -0.3 is 15.4 Å². The number of aromatic nitrogens is 2. The number of rotatable bonds is 8. The Hall–Kier alpha value is -3.35. The van der Waals surface area contributed by atoms with Crippen molar-refractivity contribution in [1.82, 2.24) is 15.1 Å². The van der Waals surface area contributed by atoms with Crippen LogP contribution in [0.25, 0.3) is 10.9 Å². The van der Waals surface area contributed by atoms with Gasteiger partial charge in [0.05, 0.1) is 18.2 Å². The first-order valence-electron chi connectivity index (χ1n) is 10.1. The van der Waals surface area contributed by atoms with Crippen molar-refractivity contribution >= 4 is 28.5 Å². The maximum atomic E-state index is 12.5. The van der Waals surface area contributed by atoms with Gasteiger partial charge in [-0.15, -0.1) is 0 Å². The zero-order valence-corrected chi connectivity index (χ0v) is 17.8. The number of fused-ring (bicyclic) bond motifs is 1. The van der Waals surface area contributed by atoms with Crippen LogP contribution in [0, 0.1) is 0 Å². The van der Waals surface area contributed by atoms with Gasteiger partial charge >= 0.3 is 0 Å². The van der Waals surface area contributed by atoms with Crippen LogP contribution in [0.4, 0.5) is 5.82 Å². The Morgan fingerprint density at radius 3 is 2.50 bits per heavy atom. The topological polar surface area (TPSA) is 85.3 Å². The average Bonchev–Trinajstić information content (AvgIpc) is 2.97. The second-order valence-corrected chi connectivity index (χ2v) is 7.69. The van der Waals surface area contributed by atoms with Crippen molar-refractivity contribution in [1.29, 1.82) is 0 Å². The number of benzene rings is 2. The summed E-state index contributed by atoms with van der Waals surface area (Å²) in [6.45, 7) is 7.76. The lowest BCUT2D eigenvalue weighted by Crippen LogP contribution is -2.33. The highest BCUT2D eigenvalue weighted by Gasteiger charge is 2.16. The van der Waals surface area contributed by atoms with E-state index in [9.17, 15) is 9.59 Å². The van der Waals surface area contributed by atoms with E-state index in [0.717, 1.165) is 22.2 Å². The van der Waals surface area contributed by atoms with Crippen molar-refractivity contribution < 1.29 is 14.3 Å². The number of carbonyl (C=O) groups is 2. The molecule has 0 aliphatic rings. The molecule has 7 heteroatoms. The van der Waals surface area contributed by atoms with Gasteiger partial charge in [-0.05, 0) is 38.5 Å². The van der Waals surface area contributed by atoms with Crippen LogP contribution < -0.4 is 15.4 Å². The van der Waals surface area contributed by atoms with Gasteiger partial charge in [0, 0.05) is 30.8 Å². The van der Waals surface area contributed by atoms with Crippen LogP contribution in [0.2, 0.25) is 0 Å². The molecule has 7 nitrogen and oxygen atoms in total. The second kappa shape index (κ2) is 9.43. The third-order valence-electron chi connectivity index (χ3n) is 4.47. The van der Waals surface area contributed by atoms with E-state index in [-0.39, 0.29) is 30.4 Å². The lowest BCUT2D eigenvalue weighted by atomic mass is 10.2. The van der Waals surface area contributed by atoms with Gasteiger partial charge in [0.1, 0.15) is 5.75 Å². The molecule has 3 aromatic rings. The fourth-order valence-electron chi connectivity index (χ4n) is 3.33. The summed E-state index contributed by atoms with van der Waals surface area (Å²) >= 11 is 0. The van der Waals surface area contributed by atoms with E-state index in [2.05, 4.69) is 15.7 Å². The first kappa shape index (κ1) is 21.4. The standard InChI is InChI=1S/C23H28N4O3/c1-15(2)30-19-10-11-20-21(13-19)27(14-18-8-6-5-7-9-18)26-23(20)25-22(29)12-16(3)24-17(4)28/h5-11,13,15-16H,12,14H2,1-4H3,(H,24,28)(H,25,26,29)/t16-/m0/s1. The Bertz CT molecular complexity index is 1030. The normalized spacial score (nSPS) is 12.0. The highest BCUT2D eigenvalue weighted by atomic mass is 16.5. The SMILES string of the molecule is CC(=O)N[C@@H](C)CC(=O)Nc1nn(Cc2ccccc2)c2cc(OC(C)C)ccc12. The van der Waals surface area contributed by atoms with Crippen molar-refractivity contribution in [2.24, 2.45) is 0 Å². The summed E-state index contributed by atoms with van der Waals surface area (Å²) in [6, 6.07) is 15.5. The molecule has 0 aliphatic carbocycles. The first-order chi connectivity index (χ1) is 14.3. The van der Waals surface area contributed by atoms with Gasteiger partial charge in [-0.3, -0.25) is 14.3 Å². The molecule has 1 aromatic heterocycles. The predicted molar refractivity (Wildman–Crippen MR) is 118 cm³/mol. The summed E-state index contributed by atoms with van der Waals surface area (Å²) in [5.74, 6) is 0.886. The minimum atomic E-state index is -0.258. The maximum Gasteiger partial charge on any atom is 0.227 e. The molecule has 0 radical (unpaired) electrons. The van der Waals surface area contributed by atoms with Gasteiger partial charge in [-0.1, -0.05) is 30.3 Å². The van der Waals surface area contributed by atoms with Crippen molar-refractivity contribution in [3.8, 4) is 5.75 Å². The highest BCUT2D eigenvalue weighted by Crippen LogP contribution is 2.28. The molecule has 0 bridgehead atoms. The predicted octanol–water partition coefficient (Wildman–Crippen LogP) is 3.73. The molecule has 0 fully saturated rings. The van der Waals surface area contributed by atoms with Crippen LogP contribution >= 0.6 is 0 Å². The largest absolute Gasteiger partial charge is 0.491 e. The van der Waals surface area contributed by atoms with Crippen LogP contribution in [0.15, 0.2) is 48.5 Å². The monoisotopic (exact) mass is 408 g/mol. The maximum absolute atomic E-state index is 12.5. The summed E-state index contributed by atoms with van der Waals surface area (Å²) in [5, 5.41) is 11.1. The number of hydrogen-bond donors (Lipinski definition) is 2. The van der Waals surface area contributed by atoms with Gasteiger partial charge in [-0.2, -0.15) is 5.10 Å². The van der Waals surface area contributed by atoms with Crippen LogP contribution in [0.3, 0.4) is 0 Å². The fraction of sp³-hybridized carbons (Fsp3) is 0.348. The van der Waals surface area contributed by atoms with Crippen molar-refractivity contribution in [2.45, 2.75) is 52.8 Å². The minimum absolute atomic E-state index is 0.0578. The molecule has 0 saturated carbocycles. The zero-order chi connectivity index (χ0) is 21.7. The van der Waals surface area contributed by atoms with Gasteiger partial charge in [0.25, 0.3) is 0 Å². The summed E-state index contributed by atoms with van der Waals surface area (Å²) in [4.78, 5) is 23.7. The van der Waals surface area contributed by atoms with E-state index < -0.39 is 0 Å². The Kier molecular flexibility index (Phi) is 6.72. The Labute approximate surface area is 176 Å². The molecule has 2 N–H and O–H groups in total. The molecule has 0 saturated heterocycles.